The summed E-state index contributed by atoms with van der Waals surface area (Å²) in [5, 5.41) is 0. The van der Waals surface area contributed by atoms with Gasteiger partial charge >= 0.3 is 0 Å². The number of likely N-dealkylation sites (tertiary alicyclic amines) is 1. The summed E-state index contributed by atoms with van der Waals surface area (Å²) < 4.78 is 5.30. The lowest BCUT2D eigenvalue weighted by Crippen LogP contribution is -2.49. The van der Waals surface area contributed by atoms with Crippen molar-refractivity contribution in [3.8, 4) is 5.75 Å². The van der Waals surface area contributed by atoms with E-state index in [-0.39, 0.29) is 24.4 Å². The number of rotatable bonds is 3. The van der Waals surface area contributed by atoms with Crippen molar-refractivity contribution in [3.05, 3.63) is 29.3 Å². The molecule has 2 atom stereocenters. The molecule has 1 heterocycles. The first kappa shape index (κ1) is 17.8. The van der Waals surface area contributed by atoms with Gasteiger partial charge in [0, 0.05) is 24.7 Å². The van der Waals surface area contributed by atoms with Crippen molar-refractivity contribution in [1.82, 2.24) is 4.90 Å². The molecule has 0 spiro atoms. The largest absolute Gasteiger partial charge is 0.496 e. The van der Waals surface area contributed by atoms with Gasteiger partial charge in [-0.3, -0.25) is 4.79 Å². The number of ether oxygens (including phenoxy) is 1. The van der Waals surface area contributed by atoms with Crippen LogP contribution in [0.1, 0.15) is 35.7 Å². The fourth-order valence-electron chi connectivity index (χ4n) is 2.86. The van der Waals surface area contributed by atoms with Crippen LogP contribution in [0.4, 0.5) is 0 Å². The predicted octanol–water partition coefficient (Wildman–Crippen LogP) is 2.62. The van der Waals surface area contributed by atoms with Crippen molar-refractivity contribution < 1.29 is 9.53 Å². The Morgan fingerprint density at radius 1 is 1.48 bits per heavy atom. The van der Waals surface area contributed by atoms with Crippen molar-refractivity contribution in [2.45, 2.75) is 32.7 Å². The molecule has 1 amide bonds. The zero-order valence-corrected chi connectivity index (χ0v) is 13.8. The van der Waals surface area contributed by atoms with E-state index in [0.29, 0.717) is 18.0 Å². The van der Waals surface area contributed by atoms with E-state index in [1.54, 1.807) is 7.11 Å². The molecule has 0 aromatic heterocycles. The predicted molar refractivity (Wildman–Crippen MR) is 87.3 cm³/mol. The van der Waals surface area contributed by atoms with Crippen LogP contribution in [-0.4, -0.2) is 37.0 Å². The Kier molecular flexibility index (Phi) is 6.49. The Hall–Kier alpha value is -1.26. The third-order valence-corrected chi connectivity index (χ3v) is 4.17. The van der Waals surface area contributed by atoms with Crippen LogP contribution in [0.25, 0.3) is 0 Å². The number of piperidine rings is 1. The minimum atomic E-state index is 0. The number of benzene rings is 1. The summed E-state index contributed by atoms with van der Waals surface area (Å²) in [6, 6.07) is 5.77. The summed E-state index contributed by atoms with van der Waals surface area (Å²) in [6.07, 6.45) is 2.04. The number of methoxy groups -OCH3 is 1. The Labute approximate surface area is 133 Å². The van der Waals surface area contributed by atoms with Crippen LogP contribution in [0.15, 0.2) is 18.2 Å². The second-order valence-corrected chi connectivity index (χ2v) is 5.70. The fraction of sp³-hybridized carbons (Fsp3) is 0.562. The summed E-state index contributed by atoms with van der Waals surface area (Å²) in [5.41, 5.74) is 7.55. The summed E-state index contributed by atoms with van der Waals surface area (Å²) in [6.45, 7) is 5.51. The first-order chi connectivity index (χ1) is 9.56. The molecular weight excluding hydrogens is 288 g/mol. The third-order valence-electron chi connectivity index (χ3n) is 4.17. The van der Waals surface area contributed by atoms with Crippen LogP contribution in [0.3, 0.4) is 0 Å². The van der Waals surface area contributed by atoms with Gasteiger partial charge < -0.3 is 15.4 Å². The number of amides is 1. The van der Waals surface area contributed by atoms with Crippen molar-refractivity contribution in [3.63, 3.8) is 0 Å². The molecule has 4 nitrogen and oxygen atoms in total. The van der Waals surface area contributed by atoms with Gasteiger partial charge in [0.1, 0.15) is 5.75 Å². The second kappa shape index (κ2) is 7.66. The quantitative estimate of drug-likeness (QED) is 0.933. The van der Waals surface area contributed by atoms with Gasteiger partial charge in [0.05, 0.1) is 7.11 Å². The molecule has 1 saturated heterocycles. The van der Waals surface area contributed by atoms with E-state index in [4.69, 9.17) is 10.5 Å². The number of halogens is 1. The Balaban J connectivity index is 0.00000220. The van der Waals surface area contributed by atoms with Crippen molar-refractivity contribution in [2.24, 2.45) is 11.7 Å². The zero-order valence-electron chi connectivity index (χ0n) is 13.0. The topological polar surface area (TPSA) is 55.6 Å². The van der Waals surface area contributed by atoms with Gasteiger partial charge in [0.15, 0.2) is 0 Å². The number of carbonyl (C=O) groups excluding carboxylic acids is 1. The molecule has 0 bridgehead atoms. The van der Waals surface area contributed by atoms with Gasteiger partial charge in [0.25, 0.3) is 5.91 Å². The molecule has 0 aliphatic carbocycles. The Morgan fingerprint density at radius 3 is 2.81 bits per heavy atom. The highest BCUT2D eigenvalue weighted by Crippen LogP contribution is 2.25. The number of hydrogen-bond donors (Lipinski definition) is 1. The van der Waals surface area contributed by atoms with E-state index in [1.165, 1.54) is 0 Å². The first-order valence-corrected chi connectivity index (χ1v) is 7.22. The lowest BCUT2D eigenvalue weighted by Gasteiger charge is -2.38. The monoisotopic (exact) mass is 312 g/mol. The minimum Gasteiger partial charge on any atom is -0.496 e. The highest BCUT2D eigenvalue weighted by atomic mass is 35.5. The molecule has 0 radical (unpaired) electrons. The molecular formula is C16H25ClN2O2. The van der Waals surface area contributed by atoms with Crippen molar-refractivity contribution in [2.75, 3.05) is 20.2 Å². The lowest BCUT2D eigenvalue weighted by molar-refractivity contribution is 0.0573. The first-order valence-electron chi connectivity index (χ1n) is 7.22. The minimum absolute atomic E-state index is 0. The summed E-state index contributed by atoms with van der Waals surface area (Å²) >= 11 is 0. The molecule has 2 N–H and O–H groups in total. The average Bonchev–Trinajstić information content (AvgIpc) is 2.46. The third kappa shape index (κ3) is 3.89. The van der Waals surface area contributed by atoms with Gasteiger partial charge in [0.2, 0.25) is 0 Å². The van der Waals surface area contributed by atoms with Gasteiger partial charge in [-0.1, -0.05) is 13.0 Å². The molecule has 1 aliphatic rings. The van der Waals surface area contributed by atoms with Gasteiger partial charge in [-0.25, -0.2) is 0 Å². The van der Waals surface area contributed by atoms with Gasteiger partial charge in [-0.15, -0.1) is 12.4 Å². The standard InChI is InChI=1S/C16H24N2O2.ClH/c1-11-6-7-18(14(8-11)10-17)16(19)13-5-4-12(2)15(9-13)20-3;/h4-5,9,11,14H,6-8,10,17H2,1-3H3;1H. The zero-order chi connectivity index (χ0) is 14.7. The average molecular weight is 313 g/mol. The highest BCUT2D eigenvalue weighted by Gasteiger charge is 2.29. The van der Waals surface area contributed by atoms with Crippen LogP contribution in [0.2, 0.25) is 0 Å². The molecule has 1 aromatic rings. The second-order valence-electron chi connectivity index (χ2n) is 5.70. The van der Waals surface area contributed by atoms with E-state index in [9.17, 15) is 4.79 Å². The fourth-order valence-corrected chi connectivity index (χ4v) is 2.86. The highest BCUT2D eigenvalue weighted by molar-refractivity contribution is 5.95. The van der Waals surface area contributed by atoms with Crippen LogP contribution >= 0.6 is 12.4 Å². The molecule has 1 fully saturated rings. The van der Waals surface area contributed by atoms with E-state index in [2.05, 4.69) is 6.92 Å². The molecule has 21 heavy (non-hydrogen) atoms. The number of aryl methyl sites for hydroxylation is 1. The van der Waals surface area contributed by atoms with Crippen molar-refractivity contribution >= 4 is 18.3 Å². The SMILES string of the molecule is COc1cc(C(=O)N2CCC(C)CC2CN)ccc1C.Cl. The van der Waals surface area contributed by atoms with Crippen LogP contribution < -0.4 is 10.5 Å². The number of hydrogen-bond acceptors (Lipinski definition) is 3. The van der Waals surface area contributed by atoms with Gasteiger partial charge in [-0.2, -0.15) is 0 Å². The maximum atomic E-state index is 12.7. The number of nitrogens with two attached hydrogens (primary N) is 1. The molecule has 5 heteroatoms. The van der Waals surface area contributed by atoms with E-state index in [0.717, 1.165) is 30.7 Å². The normalized spacial score (nSPS) is 21.6. The number of nitrogens with zero attached hydrogens (tertiary/aromatic N) is 1. The Morgan fingerprint density at radius 2 is 2.19 bits per heavy atom. The van der Waals surface area contributed by atoms with Gasteiger partial charge in [-0.05, 0) is 43.4 Å². The van der Waals surface area contributed by atoms with Crippen LogP contribution in [0.5, 0.6) is 5.75 Å². The summed E-state index contributed by atoms with van der Waals surface area (Å²) in [7, 11) is 1.63. The van der Waals surface area contributed by atoms with Crippen LogP contribution in [0, 0.1) is 12.8 Å². The molecule has 1 aromatic carbocycles. The smallest absolute Gasteiger partial charge is 0.254 e. The summed E-state index contributed by atoms with van der Waals surface area (Å²) in [4.78, 5) is 14.6. The maximum Gasteiger partial charge on any atom is 0.254 e. The molecule has 0 saturated carbocycles. The number of carbonyl (C=O) groups is 1. The van der Waals surface area contributed by atoms with E-state index >= 15 is 0 Å². The molecule has 1 aliphatic heterocycles. The summed E-state index contributed by atoms with van der Waals surface area (Å²) in [5.74, 6) is 1.45. The van der Waals surface area contributed by atoms with Crippen LogP contribution in [-0.2, 0) is 0 Å². The van der Waals surface area contributed by atoms with E-state index in [1.807, 2.05) is 30.0 Å². The maximum absolute atomic E-state index is 12.7. The Bertz CT molecular complexity index is 493. The lowest BCUT2D eigenvalue weighted by atomic mass is 9.92. The van der Waals surface area contributed by atoms with Crippen molar-refractivity contribution in [1.29, 1.82) is 0 Å². The molecule has 118 valence electrons. The molecule has 2 unspecified atom stereocenters. The molecule has 2 rings (SSSR count). The van der Waals surface area contributed by atoms with E-state index < -0.39 is 0 Å².